The Labute approximate surface area is 136 Å². The molecule has 0 N–H and O–H groups in total. The summed E-state index contributed by atoms with van der Waals surface area (Å²) in [4.78, 5) is 0. The van der Waals surface area contributed by atoms with E-state index in [2.05, 4.69) is 91.0 Å². The van der Waals surface area contributed by atoms with Crippen molar-refractivity contribution >= 4 is 11.1 Å². The minimum absolute atomic E-state index is 0.0770. The molecule has 0 atom stereocenters. The van der Waals surface area contributed by atoms with Gasteiger partial charge in [-0.2, -0.15) is 0 Å². The number of benzene rings is 1. The molecule has 0 bridgehead atoms. The Morgan fingerprint density at radius 1 is 1.09 bits per heavy atom. The van der Waals surface area contributed by atoms with Crippen LogP contribution < -0.4 is 0 Å². The van der Waals surface area contributed by atoms with Gasteiger partial charge >= 0.3 is 0 Å². The fourth-order valence-corrected chi connectivity index (χ4v) is 3.31. The molecule has 0 nitrogen and oxygen atoms in total. The van der Waals surface area contributed by atoms with Crippen LogP contribution in [0, 0.1) is 0 Å². The summed E-state index contributed by atoms with van der Waals surface area (Å²) in [6, 6.07) is 6.92. The molecular weight excluding hydrogens is 264 g/mol. The van der Waals surface area contributed by atoms with Crippen LogP contribution in [0.5, 0.6) is 0 Å². The third-order valence-corrected chi connectivity index (χ3v) is 4.60. The largest absolute Gasteiger partial charge is 0.0877 e. The van der Waals surface area contributed by atoms with Gasteiger partial charge in [-0.1, -0.05) is 61.9 Å². The average molecular weight is 292 g/mol. The Kier molecular flexibility index (Phi) is 4.60. The summed E-state index contributed by atoms with van der Waals surface area (Å²) in [5.41, 5.74) is 9.79. The number of allylic oxidation sites excluding steroid dienone is 8. The summed E-state index contributed by atoms with van der Waals surface area (Å²) in [5.74, 6) is 0. The van der Waals surface area contributed by atoms with Crippen molar-refractivity contribution in [1.82, 2.24) is 0 Å². The molecule has 1 aliphatic rings. The van der Waals surface area contributed by atoms with E-state index in [-0.39, 0.29) is 5.41 Å². The molecule has 0 spiro atoms. The summed E-state index contributed by atoms with van der Waals surface area (Å²) >= 11 is 0. The number of rotatable bonds is 3. The van der Waals surface area contributed by atoms with Gasteiger partial charge < -0.3 is 0 Å². The first kappa shape index (κ1) is 16.5. The van der Waals surface area contributed by atoms with Crippen molar-refractivity contribution in [3.63, 3.8) is 0 Å². The van der Waals surface area contributed by atoms with E-state index < -0.39 is 0 Å². The zero-order chi connectivity index (χ0) is 16.5. The molecule has 116 valence electrons. The molecule has 0 amide bonds. The lowest BCUT2D eigenvalue weighted by Crippen LogP contribution is -2.16. The van der Waals surface area contributed by atoms with Gasteiger partial charge in [0.05, 0.1) is 0 Å². The zero-order valence-electron chi connectivity index (χ0n) is 15.0. The SMILES string of the molecule is C/C=C\C=C(/C)c1ccc2c(c1)C(C)(C)C(C=C(C)C)=C2C. The number of hydrogen-bond acceptors (Lipinski definition) is 0. The summed E-state index contributed by atoms with van der Waals surface area (Å²) in [6.07, 6.45) is 8.70. The maximum absolute atomic E-state index is 2.38. The topological polar surface area (TPSA) is 0 Å². The van der Waals surface area contributed by atoms with Crippen LogP contribution in [-0.4, -0.2) is 0 Å². The van der Waals surface area contributed by atoms with Crippen molar-refractivity contribution < 1.29 is 0 Å². The molecule has 1 aliphatic carbocycles. The Balaban J connectivity index is 2.56. The Morgan fingerprint density at radius 3 is 2.36 bits per heavy atom. The molecule has 2 rings (SSSR count). The van der Waals surface area contributed by atoms with Crippen LogP contribution in [0.4, 0.5) is 0 Å². The zero-order valence-corrected chi connectivity index (χ0v) is 15.0. The molecule has 0 aromatic heterocycles. The Bertz CT molecular complexity index is 700. The second-order valence-electron chi connectivity index (χ2n) is 7.02. The molecule has 0 saturated carbocycles. The molecule has 0 radical (unpaired) electrons. The fourth-order valence-electron chi connectivity index (χ4n) is 3.31. The summed E-state index contributed by atoms with van der Waals surface area (Å²) in [5, 5.41) is 0. The minimum atomic E-state index is 0.0770. The smallest absolute Gasteiger partial charge is 0.0155 e. The van der Waals surface area contributed by atoms with Gasteiger partial charge in [-0.15, -0.1) is 0 Å². The van der Waals surface area contributed by atoms with E-state index in [0.717, 1.165) is 0 Å². The van der Waals surface area contributed by atoms with Crippen molar-refractivity contribution in [1.29, 1.82) is 0 Å². The second-order valence-corrected chi connectivity index (χ2v) is 7.02. The van der Waals surface area contributed by atoms with E-state index in [1.165, 1.54) is 39.0 Å². The first-order valence-corrected chi connectivity index (χ1v) is 8.10. The molecule has 1 aromatic rings. The predicted octanol–water partition coefficient (Wildman–Crippen LogP) is 6.70. The van der Waals surface area contributed by atoms with E-state index in [0.29, 0.717) is 0 Å². The van der Waals surface area contributed by atoms with Crippen LogP contribution in [0.25, 0.3) is 11.1 Å². The monoisotopic (exact) mass is 292 g/mol. The highest BCUT2D eigenvalue weighted by Crippen LogP contribution is 2.47. The van der Waals surface area contributed by atoms with Gasteiger partial charge in [0.15, 0.2) is 0 Å². The van der Waals surface area contributed by atoms with Crippen LogP contribution in [0.3, 0.4) is 0 Å². The first-order valence-electron chi connectivity index (χ1n) is 8.10. The van der Waals surface area contributed by atoms with Gasteiger partial charge in [0, 0.05) is 5.41 Å². The van der Waals surface area contributed by atoms with Gasteiger partial charge in [0.2, 0.25) is 0 Å². The van der Waals surface area contributed by atoms with Gasteiger partial charge in [0.1, 0.15) is 0 Å². The molecule has 22 heavy (non-hydrogen) atoms. The minimum Gasteiger partial charge on any atom is -0.0877 e. The molecule has 0 fully saturated rings. The maximum atomic E-state index is 2.38. The molecule has 0 heterocycles. The standard InChI is InChI=1S/C22H28/c1-8-9-10-16(4)18-11-12-19-17(5)20(13-15(2)3)22(6,7)21(19)14-18/h8-14H,1-7H3/b9-8-,16-10+. The lowest BCUT2D eigenvalue weighted by Gasteiger charge is -2.24. The van der Waals surface area contributed by atoms with Crippen LogP contribution in [0.2, 0.25) is 0 Å². The van der Waals surface area contributed by atoms with Crippen molar-refractivity contribution in [2.45, 2.75) is 53.9 Å². The van der Waals surface area contributed by atoms with Gasteiger partial charge in [0.25, 0.3) is 0 Å². The second kappa shape index (κ2) is 6.12. The summed E-state index contributed by atoms with van der Waals surface area (Å²) in [7, 11) is 0. The van der Waals surface area contributed by atoms with Gasteiger partial charge in [-0.25, -0.2) is 0 Å². The number of fused-ring (bicyclic) bond motifs is 1. The highest BCUT2D eigenvalue weighted by Gasteiger charge is 2.34. The molecule has 0 heteroatoms. The van der Waals surface area contributed by atoms with E-state index in [4.69, 9.17) is 0 Å². The molecule has 0 unspecified atom stereocenters. The summed E-state index contributed by atoms with van der Waals surface area (Å²) < 4.78 is 0. The highest BCUT2D eigenvalue weighted by molar-refractivity contribution is 5.83. The quantitative estimate of drug-likeness (QED) is 0.544. The van der Waals surface area contributed by atoms with Crippen molar-refractivity contribution in [3.05, 3.63) is 70.3 Å². The third-order valence-electron chi connectivity index (χ3n) is 4.60. The lowest BCUT2D eigenvalue weighted by molar-refractivity contribution is 0.652. The molecule has 0 saturated heterocycles. The third kappa shape index (κ3) is 2.88. The van der Waals surface area contributed by atoms with E-state index in [9.17, 15) is 0 Å². The first-order chi connectivity index (χ1) is 10.3. The fraction of sp³-hybridized carbons (Fsp3) is 0.364. The highest BCUT2D eigenvalue weighted by atomic mass is 14.4. The van der Waals surface area contributed by atoms with E-state index in [1.807, 2.05) is 0 Å². The molecule has 0 aliphatic heterocycles. The average Bonchev–Trinajstić information content (AvgIpc) is 2.65. The molecule has 1 aromatic carbocycles. The van der Waals surface area contributed by atoms with Crippen molar-refractivity contribution in [2.75, 3.05) is 0 Å². The van der Waals surface area contributed by atoms with Gasteiger partial charge in [-0.3, -0.25) is 0 Å². The predicted molar refractivity (Wildman–Crippen MR) is 100.0 cm³/mol. The van der Waals surface area contributed by atoms with Crippen LogP contribution in [-0.2, 0) is 5.41 Å². The maximum Gasteiger partial charge on any atom is 0.0155 e. The summed E-state index contributed by atoms with van der Waals surface area (Å²) in [6.45, 7) is 15.5. The molecular formula is C22H28. The Morgan fingerprint density at radius 2 is 1.77 bits per heavy atom. The van der Waals surface area contributed by atoms with Crippen molar-refractivity contribution in [3.8, 4) is 0 Å². The number of hydrogen-bond donors (Lipinski definition) is 0. The van der Waals surface area contributed by atoms with Crippen LogP contribution in [0.1, 0.15) is 65.2 Å². The normalized spacial score (nSPS) is 17.1. The van der Waals surface area contributed by atoms with E-state index in [1.54, 1.807) is 0 Å². The van der Waals surface area contributed by atoms with Crippen molar-refractivity contribution in [2.24, 2.45) is 0 Å². The van der Waals surface area contributed by atoms with E-state index >= 15 is 0 Å². The van der Waals surface area contributed by atoms with Gasteiger partial charge in [-0.05, 0) is 68.0 Å². The lowest BCUT2D eigenvalue weighted by atomic mass is 9.79. The van der Waals surface area contributed by atoms with Crippen LogP contribution in [0.15, 0.2) is 53.6 Å². The Hall–Kier alpha value is -1.82. The van der Waals surface area contributed by atoms with Crippen LogP contribution >= 0.6 is 0 Å².